The Balaban J connectivity index is 2.49. The molecule has 4 heteroatoms. The molecule has 2 rings (SSSR count). The zero-order chi connectivity index (χ0) is 12.4. The summed E-state index contributed by atoms with van der Waals surface area (Å²) in [6.45, 7) is 0. The highest BCUT2D eigenvalue weighted by Gasteiger charge is 2.10. The molecule has 0 radical (unpaired) electrons. The van der Waals surface area contributed by atoms with Gasteiger partial charge < -0.3 is 4.74 Å². The van der Waals surface area contributed by atoms with Gasteiger partial charge in [0.15, 0.2) is 5.82 Å². The van der Waals surface area contributed by atoms with E-state index >= 15 is 0 Å². The molecule has 0 fully saturated rings. The maximum atomic E-state index is 13.7. The molecule has 0 saturated carbocycles. The van der Waals surface area contributed by atoms with E-state index in [-0.39, 0.29) is 5.82 Å². The van der Waals surface area contributed by atoms with Gasteiger partial charge in [-0.05, 0) is 67.8 Å². The quantitative estimate of drug-likeness (QED) is 0.510. The smallest absolute Gasteiger partial charge is 0.151 e. The minimum Gasteiger partial charge on any atom is -0.497 e. The SMILES string of the molecule is COc1ccc(-c2ccc(Br)c(F)c2I)cc1. The van der Waals surface area contributed by atoms with E-state index in [2.05, 4.69) is 15.9 Å². The first kappa shape index (κ1) is 12.8. The van der Waals surface area contributed by atoms with Crippen molar-refractivity contribution in [2.45, 2.75) is 0 Å². The van der Waals surface area contributed by atoms with E-state index in [9.17, 15) is 4.39 Å². The van der Waals surface area contributed by atoms with E-state index in [1.807, 2.05) is 52.9 Å². The van der Waals surface area contributed by atoms with Crippen molar-refractivity contribution in [2.24, 2.45) is 0 Å². The Bertz CT molecular complexity index is 540. The van der Waals surface area contributed by atoms with Gasteiger partial charge in [0.05, 0.1) is 15.2 Å². The van der Waals surface area contributed by atoms with Crippen LogP contribution < -0.4 is 4.74 Å². The van der Waals surface area contributed by atoms with E-state index in [1.165, 1.54) is 0 Å². The Morgan fingerprint density at radius 2 is 1.76 bits per heavy atom. The fraction of sp³-hybridized carbons (Fsp3) is 0.0769. The second kappa shape index (κ2) is 5.35. The summed E-state index contributed by atoms with van der Waals surface area (Å²) in [4.78, 5) is 0. The molecule has 0 N–H and O–H groups in total. The van der Waals surface area contributed by atoms with Gasteiger partial charge >= 0.3 is 0 Å². The van der Waals surface area contributed by atoms with Crippen molar-refractivity contribution >= 4 is 38.5 Å². The van der Waals surface area contributed by atoms with Gasteiger partial charge in [-0.25, -0.2) is 4.39 Å². The van der Waals surface area contributed by atoms with Crippen LogP contribution in [0.1, 0.15) is 0 Å². The summed E-state index contributed by atoms with van der Waals surface area (Å²) in [5.74, 6) is 0.570. The predicted molar refractivity (Wildman–Crippen MR) is 78.8 cm³/mol. The van der Waals surface area contributed by atoms with Crippen LogP contribution in [0.25, 0.3) is 11.1 Å². The van der Waals surface area contributed by atoms with Gasteiger partial charge in [0.1, 0.15) is 5.75 Å². The Kier molecular flexibility index (Phi) is 4.04. The number of hydrogen-bond donors (Lipinski definition) is 0. The van der Waals surface area contributed by atoms with E-state index in [4.69, 9.17) is 4.74 Å². The number of hydrogen-bond acceptors (Lipinski definition) is 1. The molecule has 0 unspecified atom stereocenters. The van der Waals surface area contributed by atoms with E-state index in [0.29, 0.717) is 8.04 Å². The van der Waals surface area contributed by atoms with Crippen molar-refractivity contribution in [2.75, 3.05) is 7.11 Å². The highest BCUT2D eigenvalue weighted by molar-refractivity contribution is 14.1. The van der Waals surface area contributed by atoms with Crippen LogP contribution in [0.15, 0.2) is 40.9 Å². The van der Waals surface area contributed by atoms with Crippen LogP contribution in [0.4, 0.5) is 4.39 Å². The van der Waals surface area contributed by atoms with Gasteiger partial charge in [-0.15, -0.1) is 0 Å². The molecule has 0 spiro atoms. The standard InChI is InChI=1S/C13H9BrFIO/c1-17-9-4-2-8(3-5-9)10-6-7-11(14)12(15)13(10)16/h2-7H,1H3. The van der Waals surface area contributed by atoms with Crippen LogP contribution in [-0.4, -0.2) is 7.11 Å². The van der Waals surface area contributed by atoms with Crippen LogP contribution in [0.3, 0.4) is 0 Å². The average molecular weight is 407 g/mol. The molecule has 2 aromatic carbocycles. The molecule has 17 heavy (non-hydrogen) atoms. The number of halogens is 3. The van der Waals surface area contributed by atoms with E-state index in [0.717, 1.165) is 16.9 Å². The number of benzene rings is 2. The molecule has 0 heterocycles. The maximum absolute atomic E-state index is 13.7. The summed E-state index contributed by atoms with van der Waals surface area (Å²) < 4.78 is 19.9. The normalized spacial score (nSPS) is 10.4. The number of ether oxygens (including phenoxy) is 1. The molecular weight excluding hydrogens is 398 g/mol. The molecule has 0 aromatic heterocycles. The molecule has 0 aliphatic carbocycles. The van der Waals surface area contributed by atoms with Crippen molar-refractivity contribution in [1.82, 2.24) is 0 Å². The third-order valence-electron chi connectivity index (χ3n) is 2.44. The summed E-state index contributed by atoms with van der Waals surface area (Å²) >= 11 is 5.19. The lowest BCUT2D eigenvalue weighted by Gasteiger charge is -2.08. The van der Waals surface area contributed by atoms with Gasteiger partial charge in [0.25, 0.3) is 0 Å². The molecule has 1 nitrogen and oxygen atoms in total. The Morgan fingerprint density at radius 1 is 1.12 bits per heavy atom. The summed E-state index contributed by atoms with van der Waals surface area (Å²) in [6.07, 6.45) is 0. The number of rotatable bonds is 2. The molecule has 0 aliphatic rings. The van der Waals surface area contributed by atoms with Crippen molar-refractivity contribution < 1.29 is 9.13 Å². The molecule has 0 aliphatic heterocycles. The van der Waals surface area contributed by atoms with Gasteiger partial charge in [-0.1, -0.05) is 18.2 Å². The second-order valence-electron chi connectivity index (χ2n) is 3.45. The minimum atomic E-state index is -0.223. The third-order valence-corrected chi connectivity index (χ3v) is 4.10. The molecular formula is C13H9BrFIO. The largest absolute Gasteiger partial charge is 0.497 e. The zero-order valence-corrected chi connectivity index (χ0v) is 12.7. The molecule has 0 bridgehead atoms. The Hall–Kier alpha value is -0.620. The van der Waals surface area contributed by atoms with Gasteiger partial charge in [-0.3, -0.25) is 0 Å². The lowest BCUT2D eigenvalue weighted by atomic mass is 10.1. The number of methoxy groups -OCH3 is 1. The molecule has 0 atom stereocenters. The summed E-state index contributed by atoms with van der Waals surface area (Å²) in [5.41, 5.74) is 1.86. The van der Waals surface area contributed by atoms with Gasteiger partial charge in [0.2, 0.25) is 0 Å². The molecule has 2 aromatic rings. The summed E-state index contributed by atoms with van der Waals surface area (Å²) in [7, 11) is 1.62. The van der Waals surface area contributed by atoms with Crippen LogP contribution in [0.2, 0.25) is 0 Å². The van der Waals surface area contributed by atoms with Crippen LogP contribution in [0.5, 0.6) is 5.75 Å². The van der Waals surface area contributed by atoms with Crippen LogP contribution >= 0.6 is 38.5 Å². The van der Waals surface area contributed by atoms with Crippen LogP contribution in [-0.2, 0) is 0 Å². The zero-order valence-electron chi connectivity index (χ0n) is 9.01. The highest BCUT2D eigenvalue weighted by Crippen LogP contribution is 2.31. The lowest BCUT2D eigenvalue weighted by molar-refractivity contribution is 0.415. The average Bonchev–Trinajstić information content (AvgIpc) is 2.36. The topological polar surface area (TPSA) is 9.23 Å². The van der Waals surface area contributed by atoms with Gasteiger partial charge in [-0.2, -0.15) is 0 Å². The second-order valence-corrected chi connectivity index (χ2v) is 5.38. The Labute approximate surface area is 121 Å². The van der Waals surface area contributed by atoms with Crippen molar-refractivity contribution in [3.8, 4) is 16.9 Å². The first-order valence-corrected chi connectivity index (χ1v) is 6.78. The van der Waals surface area contributed by atoms with E-state index in [1.54, 1.807) is 13.2 Å². The fourth-order valence-corrected chi connectivity index (χ4v) is 3.00. The predicted octanol–water partition coefficient (Wildman–Crippen LogP) is 4.87. The summed E-state index contributed by atoms with van der Waals surface area (Å²) in [6, 6.07) is 11.2. The Morgan fingerprint density at radius 3 is 2.35 bits per heavy atom. The third kappa shape index (κ3) is 2.63. The van der Waals surface area contributed by atoms with Crippen LogP contribution in [0, 0.1) is 9.39 Å². The van der Waals surface area contributed by atoms with Crippen molar-refractivity contribution in [3.05, 3.63) is 50.3 Å². The van der Waals surface area contributed by atoms with Crippen molar-refractivity contribution in [1.29, 1.82) is 0 Å². The highest BCUT2D eigenvalue weighted by atomic mass is 127. The van der Waals surface area contributed by atoms with Gasteiger partial charge in [0, 0.05) is 0 Å². The lowest BCUT2D eigenvalue weighted by Crippen LogP contribution is -1.90. The first-order chi connectivity index (χ1) is 8.13. The summed E-state index contributed by atoms with van der Waals surface area (Å²) in [5, 5.41) is 0. The monoisotopic (exact) mass is 406 g/mol. The van der Waals surface area contributed by atoms with Crippen molar-refractivity contribution in [3.63, 3.8) is 0 Å². The first-order valence-electron chi connectivity index (χ1n) is 4.91. The minimum absolute atomic E-state index is 0.223. The fourth-order valence-electron chi connectivity index (χ4n) is 1.52. The van der Waals surface area contributed by atoms with E-state index < -0.39 is 0 Å². The molecule has 0 saturated heterocycles. The molecule has 0 amide bonds. The molecule has 88 valence electrons. The maximum Gasteiger partial charge on any atom is 0.151 e.